The van der Waals surface area contributed by atoms with Crippen LogP contribution in [0.1, 0.15) is 56.6 Å². The molecular formula is C28H38N6O. The van der Waals surface area contributed by atoms with Crippen molar-refractivity contribution in [1.82, 2.24) is 15.3 Å². The Morgan fingerprint density at radius 2 is 1.77 bits per heavy atom. The smallest absolute Gasteiger partial charge is 0.319 e. The number of nitrogens with zero attached hydrogens (tertiary/aromatic N) is 3. The molecule has 7 heteroatoms. The fourth-order valence-electron chi connectivity index (χ4n) is 4.78. The molecule has 2 amide bonds. The number of benzene rings is 2. The van der Waals surface area contributed by atoms with Crippen molar-refractivity contribution in [2.45, 2.75) is 70.9 Å². The SMILES string of the molecule is CCCCc1ccc(NC(=O)NC2CCC(Nc3nc(N(C)C)c4ccccc4n3)CC2)c(C)c1. The Bertz CT molecular complexity index is 1150. The summed E-state index contributed by atoms with van der Waals surface area (Å²) in [6.45, 7) is 4.26. The van der Waals surface area contributed by atoms with Gasteiger partial charge < -0.3 is 20.9 Å². The Kier molecular flexibility index (Phi) is 8.06. The molecule has 35 heavy (non-hydrogen) atoms. The van der Waals surface area contributed by atoms with Crippen LogP contribution in [0.5, 0.6) is 0 Å². The number of carbonyl (C=O) groups is 1. The number of rotatable bonds is 8. The average Bonchev–Trinajstić information content (AvgIpc) is 2.85. The lowest BCUT2D eigenvalue weighted by molar-refractivity contribution is 0.243. The molecule has 2 aromatic carbocycles. The molecule has 3 aromatic rings. The first-order valence-electron chi connectivity index (χ1n) is 12.8. The monoisotopic (exact) mass is 474 g/mol. The molecule has 7 nitrogen and oxygen atoms in total. The van der Waals surface area contributed by atoms with E-state index in [1.54, 1.807) is 0 Å². The van der Waals surface area contributed by atoms with Crippen LogP contribution in [0.15, 0.2) is 42.5 Å². The normalized spacial score (nSPS) is 17.7. The van der Waals surface area contributed by atoms with Gasteiger partial charge in [-0.2, -0.15) is 4.98 Å². The standard InChI is InChI=1S/C28H38N6O/c1-5-6-9-20-12-17-24(19(2)18-20)32-28(35)30-22-15-13-21(14-16-22)29-27-31-25-11-8-7-10-23(25)26(33-27)34(3)4/h7-8,10-12,17-18,21-22H,5-6,9,13-16H2,1-4H3,(H,29,31,33)(H2,30,32,35). The van der Waals surface area contributed by atoms with Crippen LogP contribution in [-0.4, -0.2) is 42.2 Å². The van der Waals surface area contributed by atoms with Gasteiger partial charge in [0, 0.05) is 37.3 Å². The predicted molar refractivity (Wildman–Crippen MR) is 145 cm³/mol. The number of carbonyl (C=O) groups excluding carboxylic acids is 1. The van der Waals surface area contributed by atoms with E-state index in [4.69, 9.17) is 9.97 Å². The van der Waals surface area contributed by atoms with Crippen molar-refractivity contribution in [3.63, 3.8) is 0 Å². The van der Waals surface area contributed by atoms with Gasteiger partial charge in [-0.15, -0.1) is 0 Å². The van der Waals surface area contributed by atoms with Gasteiger partial charge in [0.25, 0.3) is 0 Å². The minimum atomic E-state index is -0.126. The second-order valence-corrected chi connectivity index (χ2v) is 9.83. The van der Waals surface area contributed by atoms with Crippen LogP contribution in [0, 0.1) is 6.92 Å². The topological polar surface area (TPSA) is 82.2 Å². The van der Waals surface area contributed by atoms with Crippen LogP contribution in [0.2, 0.25) is 0 Å². The number of amides is 2. The molecule has 3 N–H and O–H groups in total. The van der Waals surface area contributed by atoms with Crippen LogP contribution in [0.3, 0.4) is 0 Å². The molecule has 0 atom stereocenters. The summed E-state index contributed by atoms with van der Waals surface area (Å²) >= 11 is 0. The summed E-state index contributed by atoms with van der Waals surface area (Å²) < 4.78 is 0. The summed E-state index contributed by atoms with van der Waals surface area (Å²) in [5, 5.41) is 10.8. The molecule has 4 rings (SSSR count). The summed E-state index contributed by atoms with van der Waals surface area (Å²) in [4.78, 5) is 24.1. The molecular weight excluding hydrogens is 436 g/mol. The first kappa shape index (κ1) is 24.8. The first-order chi connectivity index (χ1) is 16.9. The van der Waals surface area contributed by atoms with Crippen LogP contribution < -0.4 is 20.9 Å². The second kappa shape index (κ2) is 11.4. The highest BCUT2D eigenvalue weighted by molar-refractivity contribution is 5.91. The number of urea groups is 1. The molecule has 0 saturated heterocycles. The summed E-state index contributed by atoms with van der Waals surface area (Å²) in [7, 11) is 4.01. The molecule has 0 spiro atoms. The molecule has 1 aromatic heterocycles. The number of aryl methyl sites for hydroxylation is 2. The Balaban J connectivity index is 1.29. The lowest BCUT2D eigenvalue weighted by Gasteiger charge is -2.30. The highest BCUT2D eigenvalue weighted by Crippen LogP contribution is 2.26. The van der Waals surface area contributed by atoms with E-state index in [1.807, 2.05) is 43.3 Å². The van der Waals surface area contributed by atoms with Crippen LogP contribution in [-0.2, 0) is 6.42 Å². The molecule has 186 valence electrons. The summed E-state index contributed by atoms with van der Waals surface area (Å²) in [6.07, 6.45) is 7.23. The number of unbranched alkanes of at least 4 members (excludes halogenated alkanes) is 1. The van der Waals surface area contributed by atoms with Crippen molar-refractivity contribution in [1.29, 1.82) is 0 Å². The van der Waals surface area contributed by atoms with Gasteiger partial charge in [0.1, 0.15) is 5.82 Å². The molecule has 1 saturated carbocycles. The number of hydrogen-bond acceptors (Lipinski definition) is 5. The number of para-hydroxylation sites is 1. The largest absolute Gasteiger partial charge is 0.362 e. The summed E-state index contributed by atoms with van der Waals surface area (Å²) in [5.74, 6) is 1.58. The van der Waals surface area contributed by atoms with E-state index in [0.29, 0.717) is 12.0 Å². The zero-order valence-corrected chi connectivity index (χ0v) is 21.4. The maximum Gasteiger partial charge on any atom is 0.319 e. The minimum absolute atomic E-state index is 0.126. The molecule has 1 aliphatic rings. The van der Waals surface area contributed by atoms with Gasteiger partial charge >= 0.3 is 6.03 Å². The predicted octanol–water partition coefficient (Wildman–Crippen LogP) is 5.89. The average molecular weight is 475 g/mol. The number of hydrogen-bond donors (Lipinski definition) is 3. The van der Waals surface area contributed by atoms with E-state index in [2.05, 4.69) is 48.0 Å². The molecule has 0 bridgehead atoms. The second-order valence-electron chi connectivity index (χ2n) is 9.83. The van der Waals surface area contributed by atoms with E-state index in [1.165, 1.54) is 18.4 Å². The van der Waals surface area contributed by atoms with Gasteiger partial charge in [-0.05, 0) is 74.8 Å². The number of fused-ring (bicyclic) bond motifs is 1. The van der Waals surface area contributed by atoms with Gasteiger partial charge in [0.05, 0.1) is 5.52 Å². The van der Waals surface area contributed by atoms with Crippen molar-refractivity contribution in [3.05, 3.63) is 53.6 Å². The first-order valence-corrected chi connectivity index (χ1v) is 12.8. The fraction of sp³-hybridized carbons (Fsp3) is 0.464. The Morgan fingerprint density at radius 1 is 1.03 bits per heavy atom. The zero-order chi connectivity index (χ0) is 24.8. The van der Waals surface area contributed by atoms with Gasteiger partial charge in [-0.1, -0.05) is 37.6 Å². The van der Waals surface area contributed by atoms with E-state index in [9.17, 15) is 4.79 Å². The number of aromatic nitrogens is 2. The summed E-state index contributed by atoms with van der Waals surface area (Å²) in [6, 6.07) is 14.8. The Morgan fingerprint density at radius 3 is 2.49 bits per heavy atom. The van der Waals surface area contributed by atoms with Gasteiger partial charge in [0.15, 0.2) is 0 Å². The third-order valence-corrected chi connectivity index (χ3v) is 6.76. The quantitative estimate of drug-likeness (QED) is 0.379. The highest BCUT2D eigenvalue weighted by atomic mass is 16.2. The fourth-order valence-corrected chi connectivity index (χ4v) is 4.78. The Labute approximate surface area is 208 Å². The third-order valence-electron chi connectivity index (χ3n) is 6.76. The molecule has 0 aliphatic heterocycles. The number of anilines is 3. The molecule has 1 aliphatic carbocycles. The number of nitrogens with one attached hydrogen (secondary N) is 3. The Hall–Kier alpha value is -3.35. The van der Waals surface area contributed by atoms with Crippen LogP contribution in [0.25, 0.3) is 10.9 Å². The molecule has 0 radical (unpaired) electrons. The zero-order valence-electron chi connectivity index (χ0n) is 21.4. The van der Waals surface area contributed by atoms with Crippen molar-refractivity contribution in [2.75, 3.05) is 29.6 Å². The van der Waals surface area contributed by atoms with Gasteiger partial charge in [0.2, 0.25) is 5.95 Å². The van der Waals surface area contributed by atoms with Crippen molar-refractivity contribution in [2.24, 2.45) is 0 Å². The van der Waals surface area contributed by atoms with Crippen molar-refractivity contribution >= 4 is 34.4 Å². The minimum Gasteiger partial charge on any atom is -0.362 e. The van der Waals surface area contributed by atoms with Crippen molar-refractivity contribution < 1.29 is 4.79 Å². The lowest BCUT2D eigenvalue weighted by atomic mass is 9.91. The van der Waals surface area contributed by atoms with Crippen molar-refractivity contribution in [3.8, 4) is 0 Å². The molecule has 1 fully saturated rings. The molecule has 0 unspecified atom stereocenters. The van der Waals surface area contributed by atoms with Crippen LogP contribution >= 0.6 is 0 Å². The lowest BCUT2D eigenvalue weighted by Crippen LogP contribution is -2.42. The summed E-state index contributed by atoms with van der Waals surface area (Å²) in [5.41, 5.74) is 4.25. The van der Waals surface area contributed by atoms with Crippen LogP contribution in [0.4, 0.5) is 22.2 Å². The maximum absolute atomic E-state index is 12.6. The van der Waals surface area contributed by atoms with E-state index < -0.39 is 0 Å². The molecule has 1 heterocycles. The highest BCUT2D eigenvalue weighted by Gasteiger charge is 2.23. The third kappa shape index (κ3) is 6.41. The van der Waals surface area contributed by atoms with E-state index >= 15 is 0 Å². The maximum atomic E-state index is 12.6. The van der Waals surface area contributed by atoms with Gasteiger partial charge in [-0.25, -0.2) is 9.78 Å². The van der Waals surface area contributed by atoms with E-state index in [0.717, 1.165) is 60.1 Å². The van der Waals surface area contributed by atoms with Gasteiger partial charge in [-0.3, -0.25) is 0 Å². The van der Waals surface area contributed by atoms with E-state index in [-0.39, 0.29) is 12.1 Å².